The van der Waals surface area contributed by atoms with Crippen LogP contribution in [0.4, 0.5) is 0 Å². The molecular formula is C15H24N2O4S. The van der Waals surface area contributed by atoms with Crippen molar-refractivity contribution in [2.75, 3.05) is 53.6 Å². The number of ether oxygens (including phenoxy) is 2. The van der Waals surface area contributed by atoms with Crippen molar-refractivity contribution < 1.29 is 17.9 Å². The van der Waals surface area contributed by atoms with Crippen molar-refractivity contribution in [1.29, 1.82) is 0 Å². The van der Waals surface area contributed by atoms with Crippen molar-refractivity contribution in [2.45, 2.75) is 11.3 Å². The van der Waals surface area contributed by atoms with E-state index >= 15 is 0 Å². The molecule has 6 nitrogen and oxygen atoms in total. The molecule has 1 aromatic carbocycles. The highest BCUT2D eigenvalue weighted by molar-refractivity contribution is 7.89. The highest BCUT2D eigenvalue weighted by atomic mass is 32.2. The van der Waals surface area contributed by atoms with Gasteiger partial charge in [-0.25, -0.2) is 8.42 Å². The Morgan fingerprint density at radius 3 is 2.45 bits per heavy atom. The summed E-state index contributed by atoms with van der Waals surface area (Å²) >= 11 is 0. The molecule has 22 heavy (non-hydrogen) atoms. The zero-order valence-electron chi connectivity index (χ0n) is 13.2. The van der Waals surface area contributed by atoms with Crippen LogP contribution in [0.1, 0.15) is 6.42 Å². The van der Waals surface area contributed by atoms with Gasteiger partial charge in [-0.1, -0.05) is 0 Å². The average Bonchev–Trinajstić information content (AvgIpc) is 2.73. The zero-order chi connectivity index (χ0) is 16.0. The zero-order valence-corrected chi connectivity index (χ0v) is 14.0. The van der Waals surface area contributed by atoms with Crippen LogP contribution in [0, 0.1) is 0 Å². The molecule has 0 saturated carbocycles. The first kappa shape index (κ1) is 17.2. The fraction of sp³-hybridized carbons (Fsp3) is 0.600. The van der Waals surface area contributed by atoms with Gasteiger partial charge in [0.15, 0.2) is 0 Å². The van der Waals surface area contributed by atoms with E-state index in [0.717, 1.165) is 19.5 Å². The van der Waals surface area contributed by atoms with Gasteiger partial charge in [-0.05, 0) is 44.3 Å². The molecule has 0 N–H and O–H groups in total. The van der Waals surface area contributed by atoms with E-state index in [2.05, 4.69) is 4.90 Å². The molecule has 0 spiro atoms. The topological polar surface area (TPSA) is 59.1 Å². The molecule has 0 atom stereocenters. The SMILES string of the molecule is COCCOc1ccc(S(=O)(=O)N2CCCN(C)CC2)cc1. The summed E-state index contributed by atoms with van der Waals surface area (Å²) in [7, 11) is 0.201. The molecule has 0 aromatic heterocycles. The lowest BCUT2D eigenvalue weighted by atomic mass is 10.3. The number of hydrogen-bond donors (Lipinski definition) is 0. The summed E-state index contributed by atoms with van der Waals surface area (Å²) in [4.78, 5) is 2.47. The van der Waals surface area contributed by atoms with Gasteiger partial charge in [-0.2, -0.15) is 4.31 Å². The van der Waals surface area contributed by atoms with E-state index in [-0.39, 0.29) is 0 Å². The maximum Gasteiger partial charge on any atom is 0.243 e. The van der Waals surface area contributed by atoms with Crippen LogP contribution in [0.2, 0.25) is 0 Å². The van der Waals surface area contributed by atoms with Crippen molar-refractivity contribution in [3.8, 4) is 5.75 Å². The third-order valence-electron chi connectivity index (χ3n) is 3.70. The van der Waals surface area contributed by atoms with Crippen molar-refractivity contribution in [2.24, 2.45) is 0 Å². The molecule has 1 saturated heterocycles. The number of sulfonamides is 1. The fourth-order valence-electron chi connectivity index (χ4n) is 2.36. The van der Waals surface area contributed by atoms with Crippen LogP contribution >= 0.6 is 0 Å². The maximum absolute atomic E-state index is 12.7. The Kier molecular flexibility index (Phi) is 6.19. The molecule has 0 amide bonds. The Hall–Kier alpha value is -1.15. The second-order valence-corrected chi connectivity index (χ2v) is 7.31. The normalized spacial score (nSPS) is 18.1. The van der Waals surface area contributed by atoms with Crippen LogP contribution in [0.5, 0.6) is 5.75 Å². The van der Waals surface area contributed by atoms with Crippen LogP contribution in [0.15, 0.2) is 29.2 Å². The molecule has 124 valence electrons. The van der Waals surface area contributed by atoms with Crippen LogP contribution in [0.25, 0.3) is 0 Å². The van der Waals surface area contributed by atoms with Gasteiger partial charge >= 0.3 is 0 Å². The second kappa shape index (κ2) is 7.92. The van der Waals surface area contributed by atoms with Crippen molar-refractivity contribution in [3.05, 3.63) is 24.3 Å². The summed E-state index contributed by atoms with van der Waals surface area (Å²) in [6.07, 6.45) is 0.855. The van der Waals surface area contributed by atoms with Crippen molar-refractivity contribution in [3.63, 3.8) is 0 Å². The first-order valence-electron chi connectivity index (χ1n) is 7.44. The van der Waals surface area contributed by atoms with Gasteiger partial charge in [0.1, 0.15) is 12.4 Å². The number of methoxy groups -OCH3 is 1. The average molecular weight is 328 g/mol. The molecule has 0 aliphatic carbocycles. The van der Waals surface area contributed by atoms with Crippen LogP contribution in [0.3, 0.4) is 0 Å². The molecule has 0 unspecified atom stereocenters. The Morgan fingerprint density at radius 2 is 1.77 bits per heavy atom. The van der Waals surface area contributed by atoms with E-state index in [1.165, 1.54) is 0 Å². The van der Waals surface area contributed by atoms with Gasteiger partial charge < -0.3 is 14.4 Å². The molecule has 0 bridgehead atoms. The van der Waals surface area contributed by atoms with Gasteiger partial charge in [-0.3, -0.25) is 0 Å². The number of nitrogens with zero attached hydrogens (tertiary/aromatic N) is 2. The minimum absolute atomic E-state index is 0.316. The molecule has 1 aliphatic rings. The highest BCUT2D eigenvalue weighted by Crippen LogP contribution is 2.20. The molecule has 1 fully saturated rings. The van der Waals surface area contributed by atoms with E-state index < -0.39 is 10.0 Å². The first-order valence-corrected chi connectivity index (χ1v) is 8.88. The summed E-state index contributed by atoms with van der Waals surface area (Å²) in [6, 6.07) is 6.58. The van der Waals surface area contributed by atoms with Gasteiger partial charge in [0.05, 0.1) is 11.5 Å². The third-order valence-corrected chi connectivity index (χ3v) is 5.61. The molecule has 1 heterocycles. The largest absolute Gasteiger partial charge is 0.491 e. The standard InChI is InChI=1S/C15H24N2O4S/c1-16-8-3-9-17(11-10-16)22(18,19)15-6-4-14(5-7-15)21-13-12-20-2/h4-7H,3,8-13H2,1-2H3. The van der Waals surface area contributed by atoms with Crippen molar-refractivity contribution >= 4 is 10.0 Å². The summed E-state index contributed by atoms with van der Waals surface area (Å²) in [5, 5.41) is 0. The molecule has 1 aliphatic heterocycles. The van der Waals surface area contributed by atoms with Crippen molar-refractivity contribution in [1.82, 2.24) is 9.21 Å². The Morgan fingerprint density at radius 1 is 1.05 bits per heavy atom. The minimum Gasteiger partial charge on any atom is -0.491 e. The smallest absolute Gasteiger partial charge is 0.243 e. The molecular weight excluding hydrogens is 304 g/mol. The van der Waals surface area contributed by atoms with E-state index in [9.17, 15) is 8.42 Å². The molecule has 2 rings (SSSR count). The first-order chi connectivity index (χ1) is 10.5. The van der Waals surface area contributed by atoms with E-state index in [1.807, 2.05) is 7.05 Å². The number of rotatable bonds is 6. The van der Waals surface area contributed by atoms with E-state index in [4.69, 9.17) is 9.47 Å². The molecule has 0 radical (unpaired) electrons. The quantitative estimate of drug-likeness (QED) is 0.730. The van der Waals surface area contributed by atoms with Gasteiger partial charge in [0.2, 0.25) is 10.0 Å². The number of hydrogen-bond acceptors (Lipinski definition) is 5. The van der Waals surface area contributed by atoms with Crippen LogP contribution < -0.4 is 4.74 Å². The van der Waals surface area contributed by atoms with E-state index in [0.29, 0.717) is 36.9 Å². The highest BCUT2D eigenvalue weighted by Gasteiger charge is 2.26. The lowest BCUT2D eigenvalue weighted by molar-refractivity contribution is 0.146. The van der Waals surface area contributed by atoms with Crippen LogP contribution in [-0.2, 0) is 14.8 Å². The Balaban J connectivity index is 2.05. The van der Waals surface area contributed by atoms with Gasteiger partial charge in [0, 0.05) is 26.7 Å². The predicted octanol–water partition coefficient (Wildman–Crippen LogP) is 1.04. The monoisotopic (exact) mass is 328 g/mol. The Bertz CT molecular complexity index is 559. The Labute approximate surface area is 132 Å². The lowest BCUT2D eigenvalue weighted by Gasteiger charge is -2.20. The van der Waals surface area contributed by atoms with E-state index in [1.54, 1.807) is 35.7 Å². The predicted molar refractivity (Wildman–Crippen MR) is 84.7 cm³/mol. The van der Waals surface area contributed by atoms with Gasteiger partial charge in [-0.15, -0.1) is 0 Å². The molecule has 7 heteroatoms. The summed E-state index contributed by atoms with van der Waals surface area (Å²) in [6.45, 7) is 3.74. The van der Waals surface area contributed by atoms with Gasteiger partial charge in [0.25, 0.3) is 0 Å². The minimum atomic E-state index is -3.42. The number of benzene rings is 1. The molecule has 1 aromatic rings. The lowest BCUT2D eigenvalue weighted by Crippen LogP contribution is -2.34. The summed E-state index contributed by atoms with van der Waals surface area (Å²) in [5.41, 5.74) is 0. The summed E-state index contributed by atoms with van der Waals surface area (Å²) in [5.74, 6) is 0.645. The third kappa shape index (κ3) is 4.42. The summed E-state index contributed by atoms with van der Waals surface area (Å²) < 4.78 is 37.3. The number of likely N-dealkylation sites (N-methyl/N-ethyl adjacent to an activating group) is 1. The fourth-order valence-corrected chi connectivity index (χ4v) is 3.83. The maximum atomic E-state index is 12.7. The van der Waals surface area contributed by atoms with Crippen LogP contribution in [-0.4, -0.2) is 71.2 Å². The second-order valence-electron chi connectivity index (χ2n) is 5.37.